The molecule has 0 aliphatic heterocycles. The van der Waals surface area contributed by atoms with Crippen LogP contribution in [0, 0.1) is 0 Å². The molecule has 0 heterocycles. The molecular weight excluding hydrogens is 467 g/mol. The number of benzene rings is 3. The van der Waals surface area contributed by atoms with E-state index in [2.05, 4.69) is 0 Å². The number of ketones is 1. The van der Waals surface area contributed by atoms with Gasteiger partial charge >= 0.3 is 5.97 Å². The highest BCUT2D eigenvalue weighted by Gasteiger charge is 2.18. The molecule has 0 fully saturated rings. The Morgan fingerprint density at radius 2 is 1.42 bits per heavy atom. The molecule has 0 radical (unpaired) electrons. The van der Waals surface area contributed by atoms with Gasteiger partial charge in [0.15, 0.2) is 17.3 Å². The van der Waals surface area contributed by atoms with Crippen molar-refractivity contribution in [3.05, 3.63) is 87.4 Å². The average molecular weight is 487 g/mol. The van der Waals surface area contributed by atoms with Crippen LogP contribution >= 0.6 is 23.2 Å². The van der Waals surface area contributed by atoms with E-state index in [0.717, 1.165) is 0 Å². The first-order valence-corrected chi connectivity index (χ1v) is 10.4. The highest BCUT2D eigenvalue weighted by molar-refractivity contribution is 6.35. The van der Waals surface area contributed by atoms with Crippen LogP contribution in [0.4, 0.5) is 0 Å². The zero-order valence-corrected chi connectivity index (χ0v) is 19.6. The fourth-order valence-electron chi connectivity index (χ4n) is 2.95. The van der Waals surface area contributed by atoms with Crippen LogP contribution in [0.25, 0.3) is 6.08 Å². The summed E-state index contributed by atoms with van der Waals surface area (Å²) in [6.07, 6.45) is 3.02. The molecule has 0 saturated carbocycles. The number of allylic oxidation sites excluding steroid dienone is 1. The van der Waals surface area contributed by atoms with Crippen LogP contribution in [0.2, 0.25) is 10.0 Å². The van der Waals surface area contributed by atoms with E-state index in [9.17, 15) is 9.59 Å². The van der Waals surface area contributed by atoms with Crippen molar-refractivity contribution in [2.75, 3.05) is 21.3 Å². The molecule has 3 rings (SSSR count). The third-order valence-electron chi connectivity index (χ3n) is 4.63. The maximum Gasteiger partial charge on any atom is 0.343 e. The van der Waals surface area contributed by atoms with Crippen molar-refractivity contribution in [1.82, 2.24) is 0 Å². The van der Waals surface area contributed by atoms with Gasteiger partial charge in [-0.15, -0.1) is 0 Å². The van der Waals surface area contributed by atoms with Crippen molar-refractivity contribution in [3.8, 4) is 23.0 Å². The Hall–Kier alpha value is -3.48. The Labute approximate surface area is 201 Å². The SMILES string of the molecule is COc1cc(C(=O)Oc2ccc(C(=O)/C=C/c3ccc(Cl)cc3Cl)cc2)cc(OC)c1OC. The largest absolute Gasteiger partial charge is 0.493 e. The summed E-state index contributed by atoms with van der Waals surface area (Å²) in [5.41, 5.74) is 1.31. The van der Waals surface area contributed by atoms with Crippen molar-refractivity contribution in [1.29, 1.82) is 0 Å². The van der Waals surface area contributed by atoms with Crippen LogP contribution in [0.5, 0.6) is 23.0 Å². The summed E-state index contributed by atoms with van der Waals surface area (Å²) in [7, 11) is 4.38. The lowest BCUT2D eigenvalue weighted by Gasteiger charge is -2.13. The number of carbonyl (C=O) groups excluding carboxylic acids is 2. The lowest BCUT2D eigenvalue weighted by molar-refractivity contribution is 0.0733. The minimum Gasteiger partial charge on any atom is -0.493 e. The molecule has 3 aromatic rings. The summed E-state index contributed by atoms with van der Waals surface area (Å²) in [4.78, 5) is 25.1. The molecule has 3 aromatic carbocycles. The highest BCUT2D eigenvalue weighted by Crippen LogP contribution is 2.38. The second-order valence-corrected chi connectivity index (χ2v) is 7.53. The minimum absolute atomic E-state index is 0.215. The Kier molecular flexibility index (Phi) is 7.98. The van der Waals surface area contributed by atoms with Crippen molar-refractivity contribution < 1.29 is 28.5 Å². The number of esters is 1. The van der Waals surface area contributed by atoms with Gasteiger partial charge in [-0.05, 0) is 66.2 Å². The van der Waals surface area contributed by atoms with Crippen molar-refractivity contribution in [3.63, 3.8) is 0 Å². The minimum atomic E-state index is -0.620. The number of hydrogen-bond acceptors (Lipinski definition) is 6. The highest BCUT2D eigenvalue weighted by atomic mass is 35.5. The van der Waals surface area contributed by atoms with E-state index in [1.165, 1.54) is 51.7 Å². The monoisotopic (exact) mass is 486 g/mol. The van der Waals surface area contributed by atoms with Gasteiger partial charge in [0.05, 0.1) is 26.9 Å². The van der Waals surface area contributed by atoms with Gasteiger partial charge in [-0.1, -0.05) is 29.3 Å². The fourth-order valence-corrected chi connectivity index (χ4v) is 3.42. The zero-order chi connectivity index (χ0) is 24.0. The quantitative estimate of drug-likeness (QED) is 0.165. The zero-order valence-electron chi connectivity index (χ0n) is 18.1. The van der Waals surface area contributed by atoms with Crippen LogP contribution in [0.15, 0.2) is 60.7 Å². The Morgan fingerprint density at radius 1 is 0.788 bits per heavy atom. The van der Waals surface area contributed by atoms with Gasteiger partial charge in [-0.25, -0.2) is 4.79 Å². The Bertz CT molecular complexity index is 1180. The molecule has 0 saturated heterocycles. The van der Waals surface area contributed by atoms with Crippen molar-refractivity contribution in [2.24, 2.45) is 0 Å². The van der Waals surface area contributed by atoms with Crippen LogP contribution in [-0.4, -0.2) is 33.1 Å². The lowest BCUT2D eigenvalue weighted by atomic mass is 10.1. The van der Waals surface area contributed by atoms with Crippen LogP contribution < -0.4 is 18.9 Å². The third kappa shape index (κ3) is 5.86. The van der Waals surface area contributed by atoms with Crippen molar-refractivity contribution in [2.45, 2.75) is 0 Å². The number of halogens is 2. The van der Waals surface area contributed by atoms with E-state index >= 15 is 0 Å². The van der Waals surface area contributed by atoms with E-state index in [0.29, 0.717) is 38.4 Å². The van der Waals surface area contributed by atoms with E-state index < -0.39 is 5.97 Å². The molecule has 0 amide bonds. The van der Waals surface area contributed by atoms with E-state index in [-0.39, 0.29) is 17.1 Å². The summed E-state index contributed by atoms with van der Waals surface area (Å²) < 4.78 is 21.2. The smallest absolute Gasteiger partial charge is 0.343 e. The number of rotatable bonds is 8. The van der Waals surface area contributed by atoms with Gasteiger partial charge in [0.25, 0.3) is 0 Å². The molecule has 8 heteroatoms. The molecule has 0 spiro atoms. The number of carbonyl (C=O) groups is 2. The second-order valence-electron chi connectivity index (χ2n) is 6.69. The molecule has 0 atom stereocenters. The number of hydrogen-bond donors (Lipinski definition) is 0. The summed E-state index contributed by atoms with van der Waals surface area (Å²) in [6, 6.07) is 14.2. The van der Waals surface area contributed by atoms with Gasteiger partial charge in [0, 0.05) is 15.6 Å². The molecular formula is C25H20Cl2O6. The molecule has 0 bridgehead atoms. The van der Waals surface area contributed by atoms with Gasteiger partial charge in [-0.3, -0.25) is 4.79 Å². The normalized spacial score (nSPS) is 10.7. The van der Waals surface area contributed by atoms with Crippen LogP contribution in [0.1, 0.15) is 26.3 Å². The Balaban J connectivity index is 1.72. The first-order valence-electron chi connectivity index (χ1n) is 9.66. The Morgan fingerprint density at radius 3 is 1.97 bits per heavy atom. The lowest BCUT2D eigenvalue weighted by Crippen LogP contribution is -2.10. The first kappa shape index (κ1) is 24.2. The first-order chi connectivity index (χ1) is 15.9. The maximum absolute atomic E-state index is 12.6. The molecule has 0 N–H and O–H groups in total. The van der Waals surface area contributed by atoms with Gasteiger partial charge in [0.2, 0.25) is 5.75 Å². The second kappa shape index (κ2) is 10.9. The average Bonchev–Trinajstić information content (AvgIpc) is 2.82. The van der Waals surface area contributed by atoms with E-state index in [4.69, 9.17) is 42.1 Å². The van der Waals surface area contributed by atoms with Crippen molar-refractivity contribution >= 4 is 41.0 Å². The predicted octanol–water partition coefficient (Wildman–Crippen LogP) is 6.13. The van der Waals surface area contributed by atoms with E-state index in [1.54, 1.807) is 36.4 Å². The summed E-state index contributed by atoms with van der Waals surface area (Å²) in [5.74, 6) is 0.450. The molecule has 170 valence electrons. The number of ether oxygens (including phenoxy) is 4. The van der Waals surface area contributed by atoms with Gasteiger partial charge in [-0.2, -0.15) is 0 Å². The number of methoxy groups -OCH3 is 3. The third-order valence-corrected chi connectivity index (χ3v) is 5.19. The molecule has 0 aliphatic rings. The molecule has 33 heavy (non-hydrogen) atoms. The standard InChI is InChI=1S/C25H20Cl2O6/c1-30-22-12-17(13-23(31-2)24(22)32-3)25(29)33-19-9-5-16(6-10-19)21(28)11-7-15-4-8-18(26)14-20(15)27/h4-14H,1-3H3/b11-7+. The van der Waals surface area contributed by atoms with Crippen LogP contribution in [-0.2, 0) is 0 Å². The maximum atomic E-state index is 12.6. The van der Waals surface area contributed by atoms with Gasteiger partial charge in [0.1, 0.15) is 5.75 Å². The summed E-state index contributed by atoms with van der Waals surface area (Å²) in [6.45, 7) is 0. The van der Waals surface area contributed by atoms with Gasteiger partial charge < -0.3 is 18.9 Å². The molecule has 0 aliphatic carbocycles. The fraction of sp³-hybridized carbons (Fsp3) is 0.120. The molecule has 6 nitrogen and oxygen atoms in total. The predicted molar refractivity (Wildman–Crippen MR) is 127 cm³/mol. The van der Waals surface area contributed by atoms with Crippen LogP contribution in [0.3, 0.4) is 0 Å². The molecule has 0 unspecified atom stereocenters. The van der Waals surface area contributed by atoms with E-state index in [1.807, 2.05) is 0 Å². The molecule has 0 aromatic heterocycles. The summed E-state index contributed by atoms with van der Waals surface area (Å²) in [5, 5.41) is 0.959. The summed E-state index contributed by atoms with van der Waals surface area (Å²) >= 11 is 12.0. The topological polar surface area (TPSA) is 71.1 Å².